The van der Waals surface area contributed by atoms with Crippen LogP contribution in [0.3, 0.4) is 0 Å². The molecule has 0 aromatic carbocycles. The van der Waals surface area contributed by atoms with E-state index in [4.69, 9.17) is 32.9 Å². The molecule has 3 heterocycles. The number of rotatable bonds is 49. The third-order valence-corrected chi connectivity index (χ3v) is 16.8. The van der Waals surface area contributed by atoms with Crippen LogP contribution in [0, 0.1) is 0 Å². The van der Waals surface area contributed by atoms with Crippen LogP contribution in [-0.2, 0) is 85.5 Å². The molecule has 7 amide bonds. The molecule has 0 spiro atoms. The second kappa shape index (κ2) is 46.3. The minimum absolute atomic E-state index is 0.00951. The highest BCUT2D eigenvalue weighted by atomic mass is 31.2. The number of amides is 7. The highest BCUT2D eigenvalue weighted by Crippen LogP contribution is 2.36. The fraction of sp³-hybridized carbons (Fsp3) is 0.836. The van der Waals surface area contributed by atoms with Gasteiger partial charge in [-0.05, 0) is 57.8 Å². The van der Waals surface area contributed by atoms with Crippen molar-refractivity contribution in [2.45, 2.75) is 234 Å². The number of nitrogens with zero attached hydrogens (tertiary/aromatic N) is 2. The first kappa shape index (κ1) is 87.0. The lowest BCUT2D eigenvalue weighted by molar-refractivity contribution is -0.270. The maximum Gasteiger partial charge on any atom is 0.325 e. The molecular formula is C61H106N7O29P. The van der Waals surface area contributed by atoms with Gasteiger partial charge in [0.1, 0.15) is 90.4 Å². The predicted octanol–water partition coefficient (Wildman–Crippen LogP) is -5.32. The molecule has 3 fully saturated rings. The second-order valence-electron chi connectivity index (χ2n) is 24.5. The van der Waals surface area contributed by atoms with Crippen molar-refractivity contribution in [2.75, 3.05) is 92.2 Å². The van der Waals surface area contributed by atoms with Gasteiger partial charge in [0.2, 0.25) is 35.4 Å². The first-order valence-corrected chi connectivity index (χ1v) is 35.2. The van der Waals surface area contributed by atoms with Crippen molar-refractivity contribution < 1.29 is 141 Å². The zero-order chi connectivity index (χ0) is 73.1. The summed E-state index contributed by atoms with van der Waals surface area (Å²) in [4.78, 5) is 139. The molecule has 3 aliphatic rings. The third kappa shape index (κ3) is 32.6. The summed E-state index contributed by atoms with van der Waals surface area (Å²) in [6.07, 6.45) is -16.4. The minimum atomic E-state index is -4.13. The molecule has 17 atom stereocenters. The molecule has 98 heavy (non-hydrogen) atoms. The summed E-state index contributed by atoms with van der Waals surface area (Å²) in [5, 5.41) is 114. The molecule has 16 N–H and O–H groups in total. The van der Waals surface area contributed by atoms with Gasteiger partial charge < -0.3 is 125 Å². The monoisotopic (exact) mass is 1430 g/mol. The number of Topliss-reactive ketones (excluding diaryl/α,β-unsaturated/α-hetero) is 3. The topological polar surface area (TPSA) is 542 Å². The van der Waals surface area contributed by atoms with Crippen molar-refractivity contribution in [1.82, 2.24) is 36.4 Å². The fourth-order valence-corrected chi connectivity index (χ4v) is 11.2. The molecule has 0 bridgehead atoms. The Hall–Kier alpha value is -5.19. The largest absolute Gasteiger partial charge is 0.394 e. The molecule has 0 aliphatic carbocycles. The minimum Gasteiger partial charge on any atom is -0.394 e. The quantitative estimate of drug-likeness (QED) is 0.0200. The van der Waals surface area contributed by atoms with Gasteiger partial charge in [-0.1, -0.05) is 0 Å². The zero-order valence-electron chi connectivity index (χ0n) is 56.3. The summed E-state index contributed by atoms with van der Waals surface area (Å²) in [5.41, 5.74) is 0. The molecule has 8 unspecified atom stereocenters. The maximum absolute atomic E-state index is 13.9. The van der Waals surface area contributed by atoms with Crippen LogP contribution in [0.4, 0.5) is 0 Å². The molecule has 3 rings (SSSR count). The van der Waals surface area contributed by atoms with E-state index in [0.717, 1.165) is 6.66 Å². The van der Waals surface area contributed by atoms with E-state index in [1.807, 2.05) is 0 Å². The smallest absolute Gasteiger partial charge is 0.325 e. The number of carbonyl (C=O) groups is 10. The Morgan fingerprint density at radius 3 is 1.11 bits per heavy atom. The first-order valence-electron chi connectivity index (χ1n) is 33.2. The summed E-state index contributed by atoms with van der Waals surface area (Å²) in [6.45, 7) is 1.72. The Kier molecular flexibility index (Phi) is 41.2. The number of nitrogens with one attached hydrogen (secondary N) is 5. The van der Waals surface area contributed by atoms with Gasteiger partial charge in [0.05, 0.1) is 26.4 Å². The van der Waals surface area contributed by atoms with E-state index in [2.05, 4.69) is 26.6 Å². The Labute approximate surface area is 568 Å². The standard InChI is InChI=1S/C61H106N7O29P/c1-36(72)64-49-55(85)52(82)43(32-69)95-59(49)91-29-8-5-14-39(75)17-20-46(79)62-23-11-25-67(48(81)22-19-41(77)16-7-10-31-93-61-51(66-38(3)74)57(87)54(84)45(34-71)97-61)27-13-28-68(58(88)42(78)35-94-98(4,89)90)26-12-24-63-47(80)21-18-40(76)15-6-9-30-92-60-50(65-37(2)73)56(86)53(83)44(33-70)96-60/h42-45,49-57,59-61,69-71,78,82-87H,5-35H2,1-4H3,(H,62,79)(H,63,80)(H,64,72)(H,65,73)(H,66,74)(H,89,90)/t42?,43?,44?,45?,49?,50?,51?,52-,53-,54-,55+,56+,57+,59+,60+,61+/m0/s1. The average molecular weight is 1430 g/mol. The predicted molar refractivity (Wildman–Crippen MR) is 339 cm³/mol. The summed E-state index contributed by atoms with van der Waals surface area (Å²) in [5.74, 6) is -4.59. The molecule has 0 saturated carbocycles. The number of hydrogen-bond donors (Lipinski definition) is 16. The maximum atomic E-state index is 13.9. The van der Waals surface area contributed by atoms with Crippen LogP contribution in [0.5, 0.6) is 0 Å². The third-order valence-electron chi connectivity index (χ3n) is 16.2. The Balaban J connectivity index is 1.56. The van der Waals surface area contributed by atoms with Gasteiger partial charge in [-0.25, -0.2) is 0 Å². The van der Waals surface area contributed by atoms with Crippen molar-refractivity contribution >= 4 is 66.3 Å². The number of aliphatic hydroxyl groups excluding tert-OH is 10. The Bertz CT molecular complexity index is 2540. The number of unbranched alkanes of at least 4 members (excludes halogenated alkanes) is 3. The van der Waals surface area contributed by atoms with Gasteiger partial charge in [0.15, 0.2) is 25.0 Å². The molecule has 37 heteroatoms. The van der Waals surface area contributed by atoms with Gasteiger partial charge in [0, 0.05) is 144 Å². The number of aliphatic hydroxyl groups is 10. The van der Waals surface area contributed by atoms with Gasteiger partial charge in [-0.3, -0.25) is 52.5 Å². The van der Waals surface area contributed by atoms with Crippen LogP contribution < -0.4 is 26.6 Å². The average Bonchev–Trinajstić information content (AvgIpc) is 0.823. The van der Waals surface area contributed by atoms with Crippen molar-refractivity contribution in [3.63, 3.8) is 0 Å². The lowest BCUT2D eigenvalue weighted by Gasteiger charge is -2.42. The molecule has 36 nitrogen and oxygen atoms in total. The van der Waals surface area contributed by atoms with Crippen molar-refractivity contribution in [1.29, 1.82) is 0 Å². The van der Waals surface area contributed by atoms with E-state index < -0.39 is 173 Å². The highest BCUT2D eigenvalue weighted by Gasteiger charge is 2.48. The van der Waals surface area contributed by atoms with Gasteiger partial charge in [-0.15, -0.1) is 0 Å². The van der Waals surface area contributed by atoms with Crippen molar-refractivity contribution in [2.24, 2.45) is 0 Å². The lowest BCUT2D eigenvalue weighted by Crippen LogP contribution is -2.64. The number of ether oxygens (including phenoxy) is 6. The molecular weight excluding hydrogens is 1330 g/mol. The summed E-state index contributed by atoms with van der Waals surface area (Å²) in [7, 11) is -4.13. The summed E-state index contributed by atoms with van der Waals surface area (Å²) >= 11 is 0. The summed E-state index contributed by atoms with van der Waals surface area (Å²) < 4.78 is 50.4. The number of ketones is 3. The zero-order valence-corrected chi connectivity index (χ0v) is 57.2. The number of hydrogen-bond acceptors (Lipinski definition) is 28. The first-order chi connectivity index (χ1) is 46.4. The van der Waals surface area contributed by atoms with E-state index >= 15 is 0 Å². The molecule has 0 radical (unpaired) electrons. The SMILES string of the molecule is CC(=O)NC1[C@H](OCCCCC(=O)CCC(=O)NCCCN(CCCN(CCCNC(=O)CCC(=O)CCCCO[C@@H]2OC(CO)[C@H](O)[C@H](O)C2NC(C)=O)C(=O)C(O)COP(C)(=O)O)C(=O)CCC(=O)CCCCO[C@@H]2OC(CO)[C@H](O)[C@H](O)C2NC(C)=O)OC(CO)[C@H](O)[C@@H]1O. The van der Waals surface area contributed by atoms with Crippen molar-refractivity contribution in [3.8, 4) is 0 Å². The van der Waals surface area contributed by atoms with E-state index in [1.165, 1.54) is 30.6 Å². The van der Waals surface area contributed by atoms with Gasteiger partial charge in [0.25, 0.3) is 5.91 Å². The fourth-order valence-electron chi connectivity index (χ4n) is 10.8. The van der Waals surface area contributed by atoms with Crippen LogP contribution in [0.1, 0.15) is 136 Å². The van der Waals surface area contributed by atoms with Gasteiger partial charge in [-0.2, -0.15) is 0 Å². The Morgan fingerprint density at radius 1 is 0.449 bits per heavy atom. The summed E-state index contributed by atoms with van der Waals surface area (Å²) in [6, 6.07) is -3.42. The van der Waals surface area contributed by atoms with Crippen LogP contribution in [0.25, 0.3) is 0 Å². The van der Waals surface area contributed by atoms with Crippen molar-refractivity contribution in [3.05, 3.63) is 0 Å². The molecule has 3 saturated heterocycles. The van der Waals surface area contributed by atoms with Crippen LogP contribution in [0.2, 0.25) is 0 Å². The Morgan fingerprint density at radius 2 is 0.776 bits per heavy atom. The van der Waals surface area contributed by atoms with E-state index in [1.54, 1.807) is 0 Å². The number of carbonyl (C=O) groups excluding carboxylic acids is 10. The molecule has 0 aromatic rings. The normalized spacial score (nSPS) is 26.4. The highest BCUT2D eigenvalue weighted by molar-refractivity contribution is 7.51. The van der Waals surface area contributed by atoms with Crippen LogP contribution in [0.15, 0.2) is 0 Å². The molecule has 0 aromatic heterocycles. The van der Waals surface area contributed by atoms with E-state index in [-0.39, 0.29) is 153 Å². The molecule has 3 aliphatic heterocycles. The lowest BCUT2D eigenvalue weighted by atomic mass is 9.97. The van der Waals surface area contributed by atoms with E-state index in [0.29, 0.717) is 38.5 Å². The second-order valence-corrected chi connectivity index (χ2v) is 26.3. The molecule has 564 valence electrons. The van der Waals surface area contributed by atoms with Crippen LogP contribution in [-0.4, -0.2) is 315 Å². The van der Waals surface area contributed by atoms with Crippen LogP contribution >= 0.6 is 7.60 Å². The van der Waals surface area contributed by atoms with E-state index in [9.17, 15) is 108 Å². The van der Waals surface area contributed by atoms with Gasteiger partial charge >= 0.3 is 7.60 Å².